The Balaban J connectivity index is 0.00000225. The van der Waals surface area contributed by atoms with Crippen molar-refractivity contribution in [1.82, 2.24) is 10.2 Å². The summed E-state index contributed by atoms with van der Waals surface area (Å²) in [5.41, 5.74) is 2.51. The lowest BCUT2D eigenvalue weighted by molar-refractivity contribution is -0.114. The molecule has 3 rings (SSSR count). The lowest BCUT2D eigenvalue weighted by atomic mass is 9.68. The minimum Gasteiger partial charge on any atom is -0.357 e. The van der Waals surface area contributed by atoms with Crippen LogP contribution in [0.2, 0.25) is 0 Å². The molecule has 2 aliphatic rings. The molecule has 1 amide bonds. The summed E-state index contributed by atoms with van der Waals surface area (Å²) in [6.45, 7) is 7.40. The van der Waals surface area contributed by atoms with Crippen LogP contribution in [0.3, 0.4) is 0 Å². The van der Waals surface area contributed by atoms with Crippen LogP contribution in [0.4, 0.5) is 5.69 Å². The number of amides is 1. The summed E-state index contributed by atoms with van der Waals surface area (Å²) in [6, 6.07) is 7.91. The number of guanidine groups is 1. The monoisotopic (exact) mass is 456 g/mol. The van der Waals surface area contributed by atoms with E-state index in [1.54, 1.807) is 0 Å². The molecule has 0 unspecified atom stereocenters. The zero-order valence-electron chi connectivity index (χ0n) is 15.2. The number of benzene rings is 1. The van der Waals surface area contributed by atoms with Crippen molar-refractivity contribution in [1.29, 1.82) is 0 Å². The second-order valence-corrected chi connectivity index (χ2v) is 7.08. The van der Waals surface area contributed by atoms with Crippen LogP contribution in [0.5, 0.6) is 0 Å². The number of carbonyl (C=O) groups excluding carboxylic acids is 1. The van der Waals surface area contributed by atoms with E-state index < -0.39 is 0 Å². The quantitative estimate of drug-likeness (QED) is 0.414. The highest BCUT2D eigenvalue weighted by atomic mass is 127. The van der Waals surface area contributed by atoms with Gasteiger partial charge in [-0.3, -0.25) is 4.79 Å². The lowest BCUT2D eigenvalue weighted by Crippen LogP contribution is -2.42. The Hall–Kier alpha value is -1.31. The normalized spacial score (nSPS) is 18.5. The second-order valence-electron chi connectivity index (χ2n) is 7.08. The topological polar surface area (TPSA) is 56.7 Å². The van der Waals surface area contributed by atoms with Crippen LogP contribution in [0.25, 0.3) is 0 Å². The number of aliphatic imine (C=N–C) groups is 1. The molecule has 1 saturated heterocycles. The first-order chi connectivity index (χ1) is 11.6. The molecule has 0 atom stereocenters. The van der Waals surface area contributed by atoms with Crippen molar-refractivity contribution < 1.29 is 4.79 Å². The van der Waals surface area contributed by atoms with Gasteiger partial charge in [0, 0.05) is 32.2 Å². The number of carbonyl (C=O) groups is 1. The molecule has 2 fully saturated rings. The maximum atomic E-state index is 11.2. The molecule has 25 heavy (non-hydrogen) atoms. The molecule has 1 heterocycles. The first-order valence-corrected chi connectivity index (χ1v) is 9.00. The van der Waals surface area contributed by atoms with E-state index in [1.165, 1.54) is 32.6 Å². The number of nitrogens with one attached hydrogen (secondary N) is 2. The zero-order chi connectivity index (χ0) is 17.0. The summed E-state index contributed by atoms with van der Waals surface area (Å²) in [4.78, 5) is 18.4. The third-order valence-electron chi connectivity index (χ3n) is 5.15. The molecule has 1 saturated carbocycles. The Bertz CT molecular complexity index is 628. The molecule has 138 valence electrons. The van der Waals surface area contributed by atoms with E-state index in [1.807, 2.05) is 18.2 Å². The highest BCUT2D eigenvalue weighted by Gasteiger charge is 2.43. The Morgan fingerprint density at radius 1 is 1.32 bits per heavy atom. The van der Waals surface area contributed by atoms with E-state index in [0.717, 1.165) is 36.8 Å². The molecule has 1 aromatic rings. The molecular weight excluding hydrogens is 427 g/mol. The van der Waals surface area contributed by atoms with Gasteiger partial charge in [0.15, 0.2) is 5.96 Å². The smallest absolute Gasteiger partial charge is 0.221 e. The van der Waals surface area contributed by atoms with Gasteiger partial charge in [0.2, 0.25) is 5.91 Å². The summed E-state index contributed by atoms with van der Waals surface area (Å²) < 4.78 is 0. The maximum Gasteiger partial charge on any atom is 0.221 e. The van der Waals surface area contributed by atoms with E-state index >= 15 is 0 Å². The van der Waals surface area contributed by atoms with Crippen molar-refractivity contribution in [2.75, 3.05) is 25.0 Å². The number of likely N-dealkylation sites (tertiary alicyclic amines) is 1. The molecule has 5 nitrogen and oxygen atoms in total. The van der Waals surface area contributed by atoms with Crippen molar-refractivity contribution in [3.05, 3.63) is 29.8 Å². The molecular formula is C19H29IN4O. The Labute approximate surface area is 167 Å². The van der Waals surface area contributed by atoms with Crippen molar-refractivity contribution in [3.63, 3.8) is 0 Å². The van der Waals surface area contributed by atoms with Crippen LogP contribution >= 0.6 is 24.0 Å². The van der Waals surface area contributed by atoms with E-state index in [0.29, 0.717) is 12.0 Å². The van der Waals surface area contributed by atoms with Gasteiger partial charge in [-0.1, -0.05) is 18.6 Å². The Morgan fingerprint density at radius 2 is 2.12 bits per heavy atom. The average Bonchev–Trinajstić information content (AvgIpc) is 2.97. The number of hydrogen-bond acceptors (Lipinski definition) is 2. The minimum absolute atomic E-state index is 0. The molecule has 1 aromatic carbocycles. The number of rotatable bonds is 4. The number of halogens is 1. The number of anilines is 1. The molecule has 2 N–H and O–H groups in total. The van der Waals surface area contributed by atoms with Gasteiger partial charge < -0.3 is 15.5 Å². The van der Waals surface area contributed by atoms with Gasteiger partial charge >= 0.3 is 0 Å². The zero-order valence-corrected chi connectivity index (χ0v) is 17.5. The maximum absolute atomic E-state index is 11.2. The standard InChI is InChI=1S/C19H28N4O.HI/c1-3-20-18(23-11-10-19(14-23)8-5-9-19)21-13-16-6-4-7-17(12-16)22-15(2)24;/h4,6-7,12H,3,5,8-11,13-14H2,1-2H3,(H,20,21)(H,22,24);1H. The van der Waals surface area contributed by atoms with Crippen LogP contribution in [-0.2, 0) is 11.3 Å². The second kappa shape index (κ2) is 8.87. The van der Waals surface area contributed by atoms with E-state index in [-0.39, 0.29) is 29.9 Å². The third kappa shape index (κ3) is 5.09. The Morgan fingerprint density at radius 3 is 2.72 bits per heavy atom. The van der Waals surface area contributed by atoms with Crippen molar-refractivity contribution in [2.45, 2.75) is 46.1 Å². The minimum atomic E-state index is -0.0492. The van der Waals surface area contributed by atoms with Gasteiger partial charge in [0.05, 0.1) is 6.54 Å². The molecule has 1 spiro atoms. The van der Waals surface area contributed by atoms with Crippen LogP contribution in [0.15, 0.2) is 29.3 Å². The van der Waals surface area contributed by atoms with E-state index in [4.69, 9.17) is 4.99 Å². The third-order valence-corrected chi connectivity index (χ3v) is 5.15. The summed E-state index contributed by atoms with van der Waals surface area (Å²) in [7, 11) is 0. The SMILES string of the molecule is CCNC(=NCc1cccc(NC(C)=O)c1)N1CCC2(CCC2)C1.I. The van der Waals surface area contributed by atoms with E-state index in [2.05, 4.69) is 28.5 Å². The predicted octanol–water partition coefficient (Wildman–Crippen LogP) is 3.60. The predicted molar refractivity (Wildman–Crippen MR) is 113 cm³/mol. The molecule has 1 aliphatic carbocycles. The van der Waals surface area contributed by atoms with Crippen molar-refractivity contribution in [3.8, 4) is 0 Å². The highest BCUT2D eigenvalue weighted by Crippen LogP contribution is 2.47. The highest BCUT2D eigenvalue weighted by molar-refractivity contribution is 14.0. The number of nitrogens with zero attached hydrogens (tertiary/aromatic N) is 2. The fraction of sp³-hybridized carbons (Fsp3) is 0.579. The summed E-state index contributed by atoms with van der Waals surface area (Å²) >= 11 is 0. The lowest BCUT2D eigenvalue weighted by Gasteiger charge is -2.38. The van der Waals surface area contributed by atoms with Gasteiger partial charge in [0.1, 0.15) is 0 Å². The van der Waals surface area contributed by atoms with Crippen LogP contribution in [0.1, 0.15) is 45.1 Å². The van der Waals surface area contributed by atoms with Gasteiger partial charge in [-0.05, 0) is 49.3 Å². The molecule has 6 heteroatoms. The summed E-state index contributed by atoms with van der Waals surface area (Å²) in [6.07, 6.45) is 5.44. The van der Waals surface area contributed by atoms with Crippen molar-refractivity contribution >= 4 is 41.5 Å². The van der Waals surface area contributed by atoms with Crippen LogP contribution < -0.4 is 10.6 Å². The van der Waals surface area contributed by atoms with Crippen molar-refractivity contribution in [2.24, 2.45) is 10.4 Å². The van der Waals surface area contributed by atoms with Gasteiger partial charge in [-0.25, -0.2) is 4.99 Å². The largest absolute Gasteiger partial charge is 0.357 e. The first kappa shape index (κ1) is 20.0. The average molecular weight is 456 g/mol. The first-order valence-electron chi connectivity index (χ1n) is 9.00. The van der Waals surface area contributed by atoms with Gasteiger partial charge in [-0.2, -0.15) is 0 Å². The summed E-state index contributed by atoms with van der Waals surface area (Å²) in [5.74, 6) is 0.970. The van der Waals surface area contributed by atoms with Crippen LogP contribution in [-0.4, -0.2) is 36.4 Å². The van der Waals surface area contributed by atoms with Gasteiger partial charge in [-0.15, -0.1) is 24.0 Å². The number of hydrogen-bond donors (Lipinski definition) is 2. The molecule has 0 bridgehead atoms. The summed E-state index contributed by atoms with van der Waals surface area (Å²) in [5, 5.41) is 6.26. The molecule has 1 aliphatic heterocycles. The fourth-order valence-electron chi connectivity index (χ4n) is 3.74. The molecule has 0 aromatic heterocycles. The Kier molecular flexibility index (Phi) is 7.10. The fourth-order valence-corrected chi connectivity index (χ4v) is 3.74. The van der Waals surface area contributed by atoms with Crippen LogP contribution in [0, 0.1) is 5.41 Å². The van der Waals surface area contributed by atoms with Gasteiger partial charge in [0.25, 0.3) is 0 Å². The molecule has 0 radical (unpaired) electrons. The van der Waals surface area contributed by atoms with E-state index in [9.17, 15) is 4.79 Å².